The van der Waals surface area contributed by atoms with Gasteiger partial charge in [-0.25, -0.2) is 0 Å². The lowest BCUT2D eigenvalue weighted by molar-refractivity contribution is 0.0778. The SMILES string of the molecule is CCOc1cc(C(=O)N2CCC(CCO)(c3ccc4c(c3)OCO4)C2)cc(OCC)c1OCC. The first-order valence-corrected chi connectivity index (χ1v) is 11.9. The van der Waals surface area contributed by atoms with Gasteiger partial charge in [0, 0.05) is 30.7 Å². The van der Waals surface area contributed by atoms with Crippen LogP contribution in [0, 0.1) is 0 Å². The second-order valence-electron chi connectivity index (χ2n) is 8.40. The second-order valence-corrected chi connectivity index (χ2v) is 8.40. The van der Waals surface area contributed by atoms with Crippen molar-refractivity contribution in [2.45, 2.75) is 39.0 Å². The van der Waals surface area contributed by atoms with Crippen molar-refractivity contribution in [3.8, 4) is 28.7 Å². The fourth-order valence-electron chi connectivity index (χ4n) is 4.76. The van der Waals surface area contributed by atoms with Crippen molar-refractivity contribution in [1.29, 1.82) is 0 Å². The predicted octanol–water partition coefficient (Wildman–Crippen LogP) is 3.78. The van der Waals surface area contributed by atoms with E-state index in [1.54, 1.807) is 12.1 Å². The molecule has 184 valence electrons. The average Bonchev–Trinajstić information content (AvgIpc) is 3.48. The molecule has 0 saturated carbocycles. The molecule has 0 bridgehead atoms. The van der Waals surface area contributed by atoms with Crippen LogP contribution in [0.15, 0.2) is 30.3 Å². The van der Waals surface area contributed by atoms with Crippen LogP contribution in [-0.4, -0.2) is 62.2 Å². The highest BCUT2D eigenvalue weighted by Crippen LogP contribution is 2.44. The lowest BCUT2D eigenvalue weighted by Gasteiger charge is -2.29. The van der Waals surface area contributed by atoms with E-state index in [0.717, 1.165) is 17.7 Å². The van der Waals surface area contributed by atoms with Crippen LogP contribution < -0.4 is 23.7 Å². The van der Waals surface area contributed by atoms with Crippen LogP contribution in [0.2, 0.25) is 0 Å². The van der Waals surface area contributed by atoms with E-state index in [2.05, 4.69) is 0 Å². The molecule has 2 aromatic rings. The van der Waals surface area contributed by atoms with E-state index in [-0.39, 0.29) is 24.7 Å². The summed E-state index contributed by atoms with van der Waals surface area (Å²) in [4.78, 5) is 15.4. The summed E-state index contributed by atoms with van der Waals surface area (Å²) in [5.74, 6) is 2.82. The molecule has 2 aromatic carbocycles. The van der Waals surface area contributed by atoms with E-state index in [0.29, 0.717) is 67.9 Å². The summed E-state index contributed by atoms with van der Waals surface area (Å²) in [6, 6.07) is 9.34. The van der Waals surface area contributed by atoms with Gasteiger partial charge in [0.05, 0.1) is 19.8 Å². The third-order valence-electron chi connectivity index (χ3n) is 6.37. The average molecular weight is 472 g/mol. The van der Waals surface area contributed by atoms with Crippen LogP contribution >= 0.6 is 0 Å². The highest BCUT2D eigenvalue weighted by molar-refractivity contribution is 5.96. The van der Waals surface area contributed by atoms with Crippen LogP contribution in [0.25, 0.3) is 0 Å². The summed E-state index contributed by atoms with van der Waals surface area (Å²) in [5, 5.41) is 9.85. The highest BCUT2D eigenvalue weighted by atomic mass is 16.7. The van der Waals surface area contributed by atoms with Gasteiger partial charge in [-0.15, -0.1) is 0 Å². The standard InChI is InChI=1S/C26H33NO7/c1-4-30-22-13-18(14-23(31-5-2)24(22)32-6-3)25(29)27-11-9-26(16-27,10-12-28)19-7-8-20-21(15-19)34-17-33-20/h7-8,13-15,28H,4-6,9-12,16-17H2,1-3H3. The molecule has 34 heavy (non-hydrogen) atoms. The number of nitrogens with zero attached hydrogens (tertiary/aromatic N) is 1. The van der Waals surface area contributed by atoms with Crippen LogP contribution in [0.4, 0.5) is 0 Å². The van der Waals surface area contributed by atoms with Crippen molar-refractivity contribution in [3.05, 3.63) is 41.5 Å². The van der Waals surface area contributed by atoms with Gasteiger partial charge in [0.25, 0.3) is 5.91 Å². The monoisotopic (exact) mass is 471 g/mol. The second kappa shape index (κ2) is 10.4. The molecule has 8 nitrogen and oxygen atoms in total. The maximum absolute atomic E-state index is 13.6. The number of hydrogen-bond acceptors (Lipinski definition) is 7. The molecule has 0 aliphatic carbocycles. The third-order valence-corrected chi connectivity index (χ3v) is 6.37. The number of hydrogen-bond donors (Lipinski definition) is 1. The molecule has 8 heteroatoms. The number of carbonyl (C=O) groups excluding carboxylic acids is 1. The van der Waals surface area contributed by atoms with E-state index >= 15 is 0 Å². The summed E-state index contributed by atoms with van der Waals surface area (Å²) in [6.07, 6.45) is 1.29. The zero-order valence-electron chi connectivity index (χ0n) is 20.1. The van der Waals surface area contributed by atoms with Crippen molar-refractivity contribution in [2.75, 3.05) is 46.3 Å². The molecule has 1 N–H and O–H groups in total. The molecule has 1 saturated heterocycles. The first-order valence-electron chi connectivity index (χ1n) is 11.9. The molecular weight excluding hydrogens is 438 g/mol. The number of benzene rings is 2. The lowest BCUT2D eigenvalue weighted by atomic mass is 9.77. The molecule has 0 aromatic heterocycles. The molecular formula is C26H33NO7. The Morgan fingerprint density at radius 2 is 1.68 bits per heavy atom. The predicted molar refractivity (Wildman–Crippen MR) is 126 cm³/mol. The first kappa shape index (κ1) is 24.0. The Morgan fingerprint density at radius 3 is 2.32 bits per heavy atom. The molecule has 2 heterocycles. The summed E-state index contributed by atoms with van der Waals surface area (Å²) in [6.45, 7) is 8.32. The summed E-state index contributed by atoms with van der Waals surface area (Å²) < 4.78 is 28.4. The van der Waals surface area contributed by atoms with Gasteiger partial charge in [0.2, 0.25) is 12.5 Å². The number of likely N-dealkylation sites (tertiary alicyclic amines) is 1. The van der Waals surface area contributed by atoms with Crippen LogP contribution in [0.1, 0.15) is 49.5 Å². The highest BCUT2D eigenvalue weighted by Gasteiger charge is 2.42. The molecule has 2 aliphatic heterocycles. The molecule has 1 fully saturated rings. The summed E-state index contributed by atoms with van der Waals surface area (Å²) >= 11 is 0. The molecule has 0 spiro atoms. The van der Waals surface area contributed by atoms with Crippen molar-refractivity contribution < 1.29 is 33.6 Å². The van der Waals surface area contributed by atoms with E-state index in [1.807, 2.05) is 43.9 Å². The quantitative estimate of drug-likeness (QED) is 0.564. The van der Waals surface area contributed by atoms with Crippen molar-refractivity contribution in [1.82, 2.24) is 4.90 Å². The van der Waals surface area contributed by atoms with Crippen LogP contribution in [0.5, 0.6) is 28.7 Å². The Kier molecular flexibility index (Phi) is 7.36. The summed E-state index contributed by atoms with van der Waals surface area (Å²) in [5.41, 5.74) is 1.17. The first-order chi connectivity index (χ1) is 16.5. The number of rotatable bonds is 10. The number of amides is 1. The van der Waals surface area contributed by atoms with E-state index in [9.17, 15) is 9.90 Å². The summed E-state index contributed by atoms with van der Waals surface area (Å²) in [7, 11) is 0. The molecule has 1 unspecified atom stereocenters. The van der Waals surface area contributed by atoms with Gasteiger partial charge in [-0.3, -0.25) is 4.79 Å². The largest absolute Gasteiger partial charge is 0.490 e. The molecule has 0 radical (unpaired) electrons. The molecule has 2 aliphatic rings. The minimum atomic E-state index is -0.359. The van der Waals surface area contributed by atoms with E-state index in [1.165, 1.54) is 0 Å². The Labute approximate surface area is 200 Å². The smallest absolute Gasteiger partial charge is 0.254 e. The fourth-order valence-corrected chi connectivity index (χ4v) is 4.76. The fraction of sp³-hybridized carbons (Fsp3) is 0.500. The Morgan fingerprint density at radius 1 is 1.00 bits per heavy atom. The minimum absolute atomic E-state index is 0.0303. The van der Waals surface area contributed by atoms with Gasteiger partial charge >= 0.3 is 0 Å². The van der Waals surface area contributed by atoms with Gasteiger partial charge in [-0.2, -0.15) is 0 Å². The Balaban J connectivity index is 1.63. The van der Waals surface area contributed by atoms with Crippen LogP contribution in [0.3, 0.4) is 0 Å². The van der Waals surface area contributed by atoms with Crippen molar-refractivity contribution in [3.63, 3.8) is 0 Å². The Bertz CT molecular complexity index is 997. The minimum Gasteiger partial charge on any atom is -0.490 e. The van der Waals surface area contributed by atoms with Crippen LogP contribution in [-0.2, 0) is 5.41 Å². The molecule has 1 atom stereocenters. The maximum atomic E-state index is 13.6. The maximum Gasteiger partial charge on any atom is 0.254 e. The third kappa shape index (κ3) is 4.59. The Hall–Kier alpha value is -3.13. The van der Waals surface area contributed by atoms with Gasteiger partial charge in [0.15, 0.2) is 23.0 Å². The molecule has 1 amide bonds. The van der Waals surface area contributed by atoms with Gasteiger partial charge in [0.1, 0.15) is 0 Å². The van der Waals surface area contributed by atoms with E-state index < -0.39 is 0 Å². The zero-order chi connectivity index (χ0) is 24.1. The van der Waals surface area contributed by atoms with Crippen molar-refractivity contribution >= 4 is 5.91 Å². The topological polar surface area (TPSA) is 86.7 Å². The van der Waals surface area contributed by atoms with Gasteiger partial charge in [-0.05, 0) is 63.4 Å². The van der Waals surface area contributed by atoms with Gasteiger partial charge < -0.3 is 33.7 Å². The van der Waals surface area contributed by atoms with E-state index in [4.69, 9.17) is 23.7 Å². The number of aliphatic hydroxyl groups excluding tert-OH is 1. The van der Waals surface area contributed by atoms with Gasteiger partial charge in [-0.1, -0.05) is 6.07 Å². The normalized spacial score (nSPS) is 18.8. The number of carbonyl (C=O) groups is 1. The number of ether oxygens (including phenoxy) is 5. The zero-order valence-corrected chi connectivity index (χ0v) is 20.1. The van der Waals surface area contributed by atoms with Crippen molar-refractivity contribution in [2.24, 2.45) is 0 Å². The number of aliphatic hydroxyl groups is 1. The lowest BCUT2D eigenvalue weighted by Crippen LogP contribution is -2.35. The molecule has 4 rings (SSSR count). The number of fused-ring (bicyclic) bond motifs is 1.